The number of nitrogens with one attached hydrogen (secondary N) is 2. The molecule has 2 aliphatic heterocycles. The summed E-state index contributed by atoms with van der Waals surface area (Å²) in [5, 5.41) is 6.10. The number of carbonyl (C=O) groups excluding carboxylic acids is 2. The molecule has 0 bridgehead atoms. The predicted octanol–water partition coefficient (Wildman–Crippen LogP) is -0.523. The summed E-state index contributed by atoms with van der Waals surface area (Å²) in [5.41, 5.74) is 0. The van der Waals surface area contributed by atoms with Crippen molar-refractivity contribution in [2.75, 3.05) is 26.2 Å². The van der Waals surface area contributed by atoms with Gasteiger partial charge in [0, 0.05) is 38.5 Å². The molecule has 1 unspecified atom stereocenters. The Bertz CT molecular complexity index is 274. The number of hydrogen-bond donors (Lipinski definition) is 2. The van der Waals surface area contributed by atoms with Gasteiger partial charge in [-0.05, 0) is 19.4 Å². The lowest BCUT2D eigenvalue weighted by molar-refractivity contribution is -0.131. The Balaban J connectivity index is 1.81. The minimum atomic E-state index is 0.0503. The molecule has 5 nitrogen and oxygen atoms in total. The van der Waals surface area contributed by atoms with Crippen molar-refractivity contribution in [3.05, 3.63) is 0 Å². The summed E-state index contributed by atoms with van der Waals surface area (Å²) >= 11 is 0. The van der Waals surface area contributed by atoms with Crippen LogP contribution in [0.15, 0.2) is 0 Å². The first kappa shape index (κ1) is 11.4. The fourth-order valence-electron chi connectivity index (χ4n) is 2.29. The highest BCUT2D eigenvalue weighted by molar-refractivity contribution is 5.80. The van der Waals surface area contributed by atoms with Gasteiger partial charge in [-0.2, -0.15) is 0 Å². The van der Waals surface area contributed by atoms with E-state index in [1.165, 1.54) is 0 Å². The zero-order valence-electron chi connectivity index (χ0n) is 9.50. The van der Waals surface area contributed by atoms with E-state index in [0.29, 0.717) is 38.5 Å². The zero-order valence-corrected chi connectivity index (χ0v) is 9.50. The molecule has 0 aromatic heterocycles. The van der Waals surface area contributed by atoms with Crippen molar-refractivity contribution in [1.29, 1.82) is 0 Å². The van der Waals surface area contributed by atoms with Gasteiger partial charge in [0.25, 0.3) is 0 Å². The summed E-state index contributed by atoms with van der Waals surface area (Å²) in [6, 6.07) is 0.347. The molecule has 2 heterocycles. The molecule has 1 atom stereocenters. The first-order chi connectivity index (χ1) is 7.75. The first-order valence-corrected chi connectivity index (χ1v) is 6.03. The van der Waals surface area contributed by atoms with E-state index in [2.05, 4.69) is 10.6 Å². The van der Waals surface area contributed by atoms with Crippen LogP contribution in [0.25, 0.3) is 0 Å². The second kappa shape index (κ2) is 5.30. The highest BCUT2D eigenvalue weighted by Gasteiger charge is 2.23. The van der Waals surface area contributed by atoms with Crippen molar-refractivity contribution >= 4 is 11.8 Å². The summed E-state index contributed by atoms with van der Waals surface area (Å²) in [6.45, 7) is 2.83. The molecule has 90 valence electrons. The highest BCUT2D eigenvalue weighted by atomic mass is 16.2. The lowest BCUT2D eigenvalue weighted by atomic mass is 10.1. The van der Waals surface area contributed by atoms with Gasteiger partial charge in [-0.3, -0.25) is 9.59 Å². The zero-order chi connectivity index (χ0) is 11.4. The molecular weight excluding hydrogens is 206 g/mol. The number of carbonyl (C=O) groups is 2. The Hall–Kier alpha value is -1.10. The Labute approximate surface area is 95.6 Å². The molecule has 2 N–H and O–H groups in total. The quantitative estimate of drug-likeness (QED) is 0.664. The van der Waals surface area contributed by atoms with E-state index in [-0.39, 0.29) is 11.8 Å². The summed E-state index contributed by atoms with van der Waals surface area (Å²) in [7, 11) is 0. The van der Waals surface area contributed by atoms with E-state index in [4.69, 9.17) is 0 Å². The molecule has 0 aliphatic carbocycles. The van der Waals surface area contributed by atoms with E-state index >= 15 is 0 Å². The number of amides is 2. The van der Waals surface area contributed by atoms with Gasteiger partial charge < -0.3 is 15.5 Å². The maximum atomic E-state index is 12.0. The fourth-order valence-corrected chi connectivity index (χ4v) is 2.29. The number of rotatable bonds is 2. The number of hydrogen-bond acceptors (Lipinski definition) is 3. The Kier molecular flexibility index (Phi) is 3.77. The standard InChI is InChI=1S/C11H19N3O2/c15-10-3-6-14(7-5-13-10)11(16)8-9-2-1-4-12-9/h9,12H,1-8H2,(H,13,15). The van der Waals surface area contributed by atoms with Crippen LogP contribution in [-0.2, 0) is 9.59 Å². The topological polar surface area (TPSA) is 61.4 Å². The molecule has 0 spiro atoms. The van der Waals surface area contributed by atoms with Crippen molar-refractivity contribution in [2.45, 2.75) is 31.7 Å². The molecule has 0 aromatic rings. The minimum absolute atomic E-state index is 0.0503. The van der Waals surface area contributed by atoms with E-state index in [1.54, 1.807) is 4.90 Å². The van der Waals surface area contributed by atoms with Gasteiger partial charge in [-0.1, -0.05) is 0 Å². The minimum Gasteiger partial charge on any atom is -0.354 e. The van der Waals surface area contributed by atoms with Crippen molar-refractivity contribution in [2.24, 2.45) is 0 Å². The Morgan fingerprint density at radius 3 is 3.00 bits per heavy atom. The third-order valence-electron chi connectivity index (χ3n) is 3.25. The maximum absolute atomic E-state index is 12.0. The van der Waals surface area contributed by atoms with Crippen LogP contribution in [0, 0.1) is 0 Å². The van der Waals surface area contributed by atoms with Crippen LogP contribution in [0.4, 0.5) is 0 Å². The van der Waals surface area contributed by atoms with E-state index in [1.807, 2.05) is 0 Å². The largest absolute Gasteiger partial charge is 0.354 e. The van der Waals surface area contributed by atoms with E-state index in [0.717, 1.165) is 19.4 Å². The lowest BCUT2D eigenvalue weighted by Crippen LogP contribution is -2.37. The van der Waals surface area contributed by atoms with Gasteiger partial charge in [-0.25, -0.2) is 0 Å². The van der Waals surface area contributed by atoms with Gasteiger partial charge in [0.1, 0.15) is 0 Å². The highest BCUT2D eigenvalue weighted by Crippen LogP contribution is 2.11. The normalized spacial score (nSPS) is 26.4. The fraction of sp³-hybridized carbons (Fsp3) is 0.818. The Morgan fingerprint density at radius 2 is 2.25 bits per heavy atom. The van der Waals surface area contributed by atoms with Gasteiger partial charge in [0.15, 0.2) is 0 Å². The third kappa shape index (κ3) is 2.95. The molecule has 2 saturated heterocycles. The van der Waals surface area contributed by atoms with Crippen LogP contribution in [0.2, 0.25) is 0 Å². The average Bonchev–Trinajstić information content (AvgIpc) is 2.66. The molecule has 2 rings (SSSR count). The summed E-state index contributed by atoms with van der Waals surface area (Å²) in [5.74, 6) is 0.227. The second-order valence-electron chi connectivity index (χ2n) is 4.48. The van der Waals surface area contributed by atoms with Crippen molar-refractivity contribution < 1.29 is 9.59 Å². The van der Waals surface area contributed by atoms with Gasteiger partial charge in [0.05, 0.1) is 0 Å². The lowest BCUT2D eigenvalue weighted by Gasteiger charge is -2.21. The van der Waals surface area contributed by atoms with Gasteiger partial charge in [0.2, 0.25) is 11.8 Å². The monoisotopic (exact) mass is 225 g/mol. The summed E-state index contributed by atoms with van der Waals surface area (Å²) in [4.78, 5) is 24.9. The number of nitrogens with zero attached hydrogens (tertiary/aromatic N) is 1. The Morgan fingerprint density at radius 1 is 1.38 bits per heavy atom. The van der Waals surface area contributed by atoms with E-state index in [9.17, 15) is 9.59 Å². The SMILES string of the molecule is O=C1CCN(C(=O)CC2CCCN2)CCN1. The molecule has 2 fully saturated rings. The molecule has 5 heteroatoms. The maximum Gasteiger partial charge on any atom is 0.224 e. The van der Waals surface area contributed by atoms with Crippen molar-refractivity contribution in [3.63, 3.8) is 0 Å². The average molecular weight is 225 g/mol. The van der Waals surface area contributed by atoms with Gasteiger partial charge in [-0.15, -0.1) is 0 Å². The molecular formula is C11H19N3O2. The molecule has 2 amide bonds. The first-order valence-electron chi connectivity index (χ1n) is 6.03. The molecule has 2 aliphatic rings. The van der Waals surface area contributed by atoms with Crippen molar-refractivity contribution in [1.82, 2.24) is 15.5 Å². The van der Waals surface area contributed by atoms with Crippen LogP contribution >= 0.6 is 0 Å². The van der Waals surface area contributed by atoms with Gasteiger partial charge >= 0.3 is 0 Å². The second-order valence-corrected chi connectivity index (χ2v) is 4.48. The predicted molar refractivity (Wildman–Crippen MR) is 59.8 cm³/mol. The van der Waals surface area contributed by atoms with Crippen LogP contribution in [0.1, 0.15) is 25.7 Å². The van der Waals surface area contributed by atoms with Crippen LogP contribution in [-0.4, -0.2) is 48.9 Å². The van der Waals surface area contributed by atoms with Crippen molar-refractivity contribution in [3.8, 4) is 0 Å². The summed E-state index contributed by atoms with van der Waals surface area (Å²) in [6.07, 6.45) is 3.27. The third-order valence-corrected chi connectivity index (χ3v) is 3.25. The summed E-state index contributed by atoms with van der Waals surface area (Å²) < 4.78 is 0. The molecule has 0 radical (unpaired) electrons. The van der Waals surface area contributed by atoms with Crippen LogP contribution in [0.3, 0.4) is 0 Å². The molecule has 16 heavy (non-hydrogen) atoms. The van der Waals surface area contributed by atoms with Crippen LogP contribution in [0.5, 0.6) is 0 Å². The molecule has 0 saturated carbocycles. The smallest absolute Gasteiger partial charge is 0.224 e. The molecule has 0 aromatic carbocycles. The van der Waals surface area contributed by atoms with Crippen LogP contribution < -0.4 is 10.6 Å². The van der Waals surface area contributed by atoms with E-state index < -0.39 is 0 Å².